The molecule has 0 aliphatic heterocycles. The van der Waals surface area contributed by atoms with Crippen molar-refractivity contribution >= 4 is 120 Å². The fourth-order valence-corrected chi connectivity index (χ4v) is 10.5. The molecule has 119 heavy (non-hydrogen) atoms. The number of aromatic amines is 2. The number of nitrogens with one attached hydrogen (secondary N) is 3. The Bertz CT molecular complexity index is 4990. The Kier molecular flexibility index (Phi) is 44.7. The van der Waals surface area contributed by atoms with Gasteiger partial charge in [0.25, 0.3) is 0 Å². The highest BCUT2D eigenvalue weighted by Gasteiger charge is 2.24. The Balaban J connectivity index is 0.000000387. The number of fused-ring (bicyclic) bond motifs is 2. The molecule has 0 aliphatic carbocycles. The predicted octanol–water partition coefficient (Wildman–Crippen LogP) is 15.1. The number of benzene rings is 3. The number of ether oxygens (including phenoxy) is 12. The number of pyridine rings is 2. The van der Waals surface area contributed by atoms with Gasteiger partial charge in [-0.05, 0) is 148 Å². The molecule has 33 nitrogen and oxygen atoms in total. The maximum atomic E-state index is 12.8. The van der Waals surface area contributed by atoms with Gasteiger partial charge in [0.15, 0.2) is 16.8 Å². The SMILES string of the molecule is CCO.CCOC(=O)/C=C(/Nc1cc(C(C)C)nn1Cc1ccc(OC)cc1OC)C(=O)OCC.CCOC(=O)C#CC(=O)OCC.CCOC(=O)c1cc(=O)c2c(C(C)C)nn(Cc3ccc(OC)cc3OC)c2[nH]1.CCOC(=O)c1cc(Cl)c2c(C(C)C)[nH]nc2n1.COc1ccc(Cn2nc(C(C)C)cc2N)c(OC)c1.O=P(Cl)(Cl)Cl. The zero-order valence-corrected chi connectivity index (χ0v) is 74.6. The number of carbonyl (C=O) groups excluding carboxylic acids is 6. The minimum atomic E-state index is -3.22. The molecule has 3 aromatic carbocycles. The van der Waals surface area contributed by atoms with Gasteiger partial charge in [0.2, 0.25) is 0 Å². The molecule has 6 N–H and O–H groups in total. The van der Waals surface area contributed by atoms with Gasteiger partial charge in [-0.3, -0.25) is 14.5 Å². The highest BCUT2D eigenvalue weighted by molar-refractivity contribution is 8.24. The summed E-state index contributed by atoms with van der Waals surface area (Å²) < 4.78 is 75.6. The molecule has 0 radical (unpaired) electrons. The van der Waals surface area contributed by atoms with Gasteiger partial charge in [0, 0.05) is 77.2 Å². The molecule has 0 aliphatic rings. The molecule has 6 aromatic heterocycles. The number of aliphatic hydroxyl groups is 1. The number of nitrogen functional groups attached to an aromatic ring is 1. The van der Waals surface area contributed by atoms with Crippen LogP contribution in [0.4, 0.5) is 11.6 Å². The van der Waals surface area contributed by atoms with E-state index in [1.807, 2.05) is 108 Å². The van der Waals surface area contributed by atoms with Crippen molar-refractivity contribution in [2.75, 3.05) is 100.0 Å². The van der Waals surface area contributed by atoms with Gasteiger partial charge >= 0.3 is 41.0 Å². The van der Waals surface area contributed by atoms with Crippen LogP contribution in [0.15, 0.2) is 95.4 Å². The molecule has 0 spiro atoms. The number of hydrogen-bond donors (Lipinski definition) is 5. The molecule has 9 aromatic rings. The van der Waals surface area contributed by atoms with Crippen LogP contribution in [0.3, 0.4) is 0 Å². The second-order valence-corrected chi connectivity index (χ2v) is 32.6. The van der Waals surface area contributed by atoms with E-state index in [9.17, 15) is 38.1 Å². The zero-order valence-electron chi connectivity index (χ0n) is 70.7. The first kappa shape index (κ1) is 102. The molecule has 6 heterocycles. The van der Waals surface area contributed by atoms with Crippen LogP contribution < -0.4 is 44.9 Å². The molecule has 0 fully saturated rings. The van der Waals surface area contributed by atoms with Gasteiger partial charge in [-0.15, -0.1) is 0 Å². The summed E-state index contributed by atoms with van der Waals surface area (Å²) in [5.41, 5.74) is 13.0. The average Bonchev–Trinajstić information content (AvgIpc) is 1.64. The quantitative estimate of drug-likeness (QED) is 0.00759. The van der Waals surface area contributed by atoms with Gasteiger partial charge in [0.05, 0.1) is 141 Å². The molecular weight excluding hydrogens is 1650 g/mol. The number of H-pyrrole nitrogens is 2. The van der Waals surface area contributed by atoms with Crippen molar-refractivity contribution < 1.29 is 95.3 Å². The number of aliphatic hydroxyl groups excluding tert-OH is 1. The highest BCUT2D eigenvalue weighted by atomic mass is 36.0. The lowest BCUT2D eigenvalue weighted by Gasteiger charge is -2.14. The monoisotopic (exact) mass is 1750 g/mol. The first-order valence-corrected chi connectivity index (χ1v) is 42.3. The van der Waals surface area contributed by atoms with Crippen LogP contribution in [0.1, 0.15) is 188 Å². The van der Waals surface area contributed by atoms with Crippen LogP contribution in [0.25, 0.3) is 22.1 Å². The van der Waals surface area contributed by atoms with E-state index in [1.165, 1.54) is 12.1 Å². The summed E-state index contributed by atoms with van der Waals surface area (Å²) in [6.45, 7) is 31.0. The minimum Gasteiger partial charge on any atom is -0.497 e. The second kappa shape index (κ2) is 52.0. The molecule has 38 heteroatoms. The average molecular weight is 1760 g/mol. The molecule has 0 amide bonds. The van der Waals surface area contributed by atoms with Gasteiger partial charge in [-0.1, -0.05) is 67.0 Å². The van der Waals surface area contributed by atoms with Crippen LogP contribution in [-0.2, 0) is 71.8 Å². The van der Waals surface area contributed by atoms with Crippen LogP contribution >= 0.6 is 50.5 Å². The maximum absolute atomic E-state index is 12.8. The standard InChI is InChI=1S/C23H31N3O6.C21H25N3O5.C15H21N3O2.C12H14ClN3O2.C8H10O4.C2H6O.Cl3OP/c1-7-31-22(27)13-19(23(28)32-8-2)24-21-12-18(15(3)4)25-26(21)14-16-9-10-17(29-5)11-20(16)30-6;1-6-29-21(26)15-10-16(25)18-19(12(2)3)23-24(20(18)22-15)11-13-7-8-14(27-4)9-17(13)28-5;1-10(2)13-8-15(16)18(17-13)9-11-5-6-12(19-3)7-14(11)20-4;1-4-18-12(17)8-5-7(13)9-10(6(2)3)15-16-11(9)14-8;1-3-11-7(9)5-6-8(10)12-4-2;1-2-3;1-5(2,3)4/h9-13,15,24H,7-8,14H2,1-6H3;7-10,12H,6,11H2,1-5H3,(H,22,25);5-8,10H,9,16H2,1-4H3;5-6H,4H2,1-3H3,(H,14,15,16);3-4H2,1-2H3;3H,2H2,1H3;/b19-13+;;;;;;. The number of carbonyl (C=O) groups is 6. The molecule has 0 unspecified atom stereocenters. The fourth-order valence-electron chi connectivity index (χ4n) is 10.2. The summed E-state index contributed by atoms with van der Waals surface area (Å²) in [7, 11) is 9.62. The summed E-state index contributed by atoms with van der Waals surface area (Å²) in [4.78, 5) is 89.3. The van der Waals surface area contributed by atoms with E-state index in [-0.39, 0.29) is 79.9 Å². The minimum absolute atomic E-state index is 0.0334. The molecule has 650 valence electrons. The third-order valence-corrected chi connectivity index (χ3v) is 16.0. The highest BCUT2D eigenvalue weighted by Crippen LogP contribution is 2.61. The topological polar surface area (TPSA) is 416 Å². The number of esters is 6. The summed E-state index contributed by atoms with van der Waals surface area (Å²) >= 11 is 20.0. The van der Waals surface area contributed by atoms with Gasteiger partial charge in [0.1, 0.15) is 63.2 Å². The number of anilines is 2. The van der Waals surface area contributed by atoms with E-state index in [0.29, 0.717) is 94.2 Å². The van der Waals surface area contributed by atoms with E-state index in [4.69, 9.17) is 69.8 Å². The third-order valence-electron chi connectivity index (χ3n) is 15.7. The van der Waals surface area contributed by atoms with E-state index in [2.05, 4.69) is 97.8 Å². The van der Waals surface area contributed by atoms with Crippen molar-refractivity contribution in [1.29, 1.82) is 0 Å². The first-order chi connectivity index (χ1) is 56.4. The maximum Gasteiger partial charge on any atom is 0.384 e. The number of hydrogen-bond acceptors (Lipinski definition) is 28. The van der Waals surface area contributed by atoms with Crippen LogP contribution in [0, 0.1) is 11.8 Å². The summed E-state index contributed by atoms with van der Waals surface area (Å²) in [6, 6.07) is 23.3. The zero-order chi connectivity index (χ0) is 89.4. The lowest BCUT2D eigenvalue weighted by atomic mass is 10.1. The summed E-state index contributed by atoms with van der Waals surface area (Å²) in [5.74, 6) is 6.30. The third kappa shape index (κ3) is 33.4. The summed E-state index contributed by atoms with van der Waals surface area (Å²) in [6.07, 6.45) is 1.09. The number of nitrogens with two attached hydrogens (primary N) is 1. The Morgan fingerprint density at radius 2 is 0.992 bits per heavy atom. The van der Waals surface area contributed by atoms with Crippen molar-refractivity contribution in [2.45, 2.75) is 147 Å². The van der Waals surface area contributed by atoms with Crippen molar-refractivity contribution in [2.24, 2.45) is 0 Å². The fraction of sp³-hybridized carbons (Fsp3) is 0.432. The lowest BCUT2D eigenvalue weighted by Crippen LogP contribution is -2.19. The number of aromatic nitrogens is 10. The lowest BCUT2D eigenvalue weighted by molar-refractivity contribution is -0.140. The van der Waals surface area contributed by atoms with E-state index in [0.717, 1.165) is 56.7 Å². The first-order valence-electron chi connectivity index (χ1n) is 37.5. The number of nitrogens with zero attached hydrogens (tertiary/aromatic N) is 8. The largest absolute Gasteiger partial charge is 0.497 e. The van der Waals surface area contributed by atoms with Crippen molar-refractivity contribution in [3.05, 3.63) is 157 Å². The molecule has 0 saturated carbocycles. The molecule has 0 bridgehead atoms. The molecular formula is C81H107Cl4N12O21P. The van der Waals surface area contributed by atoms with Crippen molar-refractivity contribution in [3.63, 3.8) is 0 Å². The predicted molar refractivity (Wildman–Crippen MR) is 456 cm³/mol. The second-order valence-electron chi connectivity index (χ2n) is 25.6. The number of rotatable bonds is 28. The molecule has 0 saturated heterocycles. The molecule has 9 rings (SSSR count). The van der Waals surface area contributed by atoms with Gasteiger partial charge in [-0.25, -0.2) is 47.8 Å². The van der Waals surface area contributed by atoms with Gasteiger partial charge in [-0.2, -0.15) is 20.4 Å². The van der Waals surface area contributed by atoms with Crippen LogP contribution in [0.2, 0.25) is 5.02 Å². The van der Waals surface area contributed by atoms with Crippen molar-refractivity contribution in [1.82, 2.24) is 49.5 Å². The Morgan fingerprint density at radius 1 is 0.555 bits per heavy atom. The van der Waals surface area contributed by atoms with Crippen LogP contribution in [0.5, 0.6) is 34.5 Å². The van der Waals surface area contributed by atoms with Crippen molar-refractivity contribution in [3.8, 4) is 46.3 Å². The van der Waals surface area contributed by atoms with E-state index >= 15 is 0 Å². The van der Waals surface area contributed by atoms with Gasteiger partial charge < -0.3 is 78.0 Å². The smallest absolute Gasteiger partial charge is 0.384 e. The summed E-state index contributed by atoms with van der Waals surface area (Å²) in [5, 5.41) is 29.9. The normalized spacial score (nSPS) is 10.7. The Hall–Kier alpha value is -11.0. The number of halogens is 4. The van der Waals surface area contributed by atoms with E-state index in [1.54, 1.807) is 117 Å². The Labute approximate surface area is 711 Å². The number of methoxy groups -OCH3 is 6. The van der Waals surface area contributed by atoms with Crippen LogP contribution in [-0.4, -0.2) is 179 Å². The Morgan fingerprint density at radius 3 is 1.41 bits per heavy atom. The van der Waals surface area contributed by atoms with E-state index < -0.39 is 41.0 Å². The molecule has 0 atom stereocenters.